The Hall–Kier alpha value is 0.389. The predicted molar refractivity (Wildman–Crippen MR) is 60.4 cm³/mol. The Morgan fingerprint density at radius 2 is 2.00 bits per heavy atom. The van der Waals surface area contributed by atoms with E-state index < -0.39 is 0 Å². The number of rotatable bonds is 3. The van der Waals surface area contributed by atoms with E-state index in [2.05, 4.69) is 18.2 Å². The zero-order chi connectivity index (χ0) is 9.80. The van der Waals surface area contributed by atoms with Crippen LogP contribution in [0.5, 0.6) is 0 Å². The van der Waals surface area contributed by atoms with Crippen LogP contribution < -0.4 is 0 Å². The topological polar surface area (TPSA) is 0 Å². The Morgan fingerprint density at radius 3 is 2.60 bits per heavy atom. The van der Waals surface area contributed by atoms with Crippen molar-refractivity contribution >= 4 is 7.85 Å². The summed E-state index contributed by atoms with van der Waals surface area (Å²) in [5.41, 5.74) is 1.42. The van der Waals surface area contributed by atoms with Crippen LogP contribution in [0.15, 0.2) is 24.3 Å². The van der Waals surface area contributed by atoms with Crippen LogP contribution in [0.25, 0.3) is 0 Å². The van der Waals surface area contributed by atoms with Crippen molar-refractivity contribution in [3.8, 4) is 0 Å². The molecular formula is C13H16BY-. The molecule has 1 aromatic carbocycles. The van der Waals surface area contributed by atoms with Crippen molar-refractivity contribution in [3.63, 3.8) is 0 Å². The Morgan fingerprint density at radius 1 is 1.27 bits per heavy atom. The molecule has 1 aromatic rings. The molecular weight excluding hydrogens is 256 g/mol. The molecule has 0 amide bonds. The third kappa shape index (κ3) is 4.04. The van der Waals surface area contributed by atoms with Crippen LogP contribution in [0.4, 0.5) is 0 Å². The van der Waals surface area contributed by atoms with E-state index in [0.29, 0.717) is 5.82 Å². The first-order chi connectivity index (χ1) is 6.86. The molecule has 15 heavy (non-hydrogen) atoms. The third-order valence-electron chi connectivity index (χ3n) is 3.31. The van der Waals surface area contributed by atoms with Crippen LogP contribution in [-0.2, 0) is 39.1 Å². The van der Waals surface area contributed by atoms with Gasteiger partial charge in [0.15, 0.2) is 0 Å². The van der Waals surface area contributed by atoms with Gasteiger partial charge in [-0.05, 0) is 12.3 Å². The Balaban J connectivity index is 0.00000112. The van der Waals surface area contributed by atoms with E-state index in [9.17, 15) is 0 Å². The number of aryl methyl sites for hydroxylation is 1. The van der Waals surface area contributed by atoms with Crippen LogP contribution in [0.2, 0.25) is 5.82 Å². The maximum absolute atomic E-state index is 6.04. The maximum atomic E-state index is 6.04. The monoisotopic (exact) mass is 272 g/mol. The maximum Gasteiger partial charge on any atom is 0.0703 e. The van der Waals surface area contributed by atoms with E-state index in [-0.39, 0.29) is 32.7 Å². The molecule has 1 aliphatic carbocycles. The van der Waals surface area contributed by atoms with E-state index in [0.717, 1.165) is 5.92 Å². The van der Waals surface area contributed by atoms with E-state index in [1.807, 2.05) is 12.1 Å². The van der Waals surface area contributed by atoms with Crippen molar-refractivity contribution < 1.29 is 32.7 Å². The molecule has 0 nitrogen and oxygen atoms in total. The zero-order valence-electron chi connectivity index (χ0n) is 9.15. The minimum absolute atomic E-state index is 0. The van der Waals surface area contributed by atoms with E-state index >= 15 is 0 Å². The van der Waals surface area contributed by atoms with Gasteiger partial charge in [-0.3, -0.25) is 0 Å². The van der Waals surface area contributed by atoms with Gasteiger partial charge in [0.2, 0.25) is 0 Å². The SMILES string of the molecule is [B]C1CCCC1CCc1cc[c-]cc1.[Y]. The molecule has 3 radical (unpaired) electrons. The largest absolute Gasteiger partial charge is 0.184 e. The Labute approximate surface area is 120 Å². The molecule has 1 fully saturated rings. The third-order valence-corrected chi connectivity index (χ3v) is 3.31. The molecule has 0 aromatic heterocycles. The van der Waals surface area contributed by atoms with Crippen LogP contribution in [0, 0.1) is 12.0 Å². The summed E-state index contributed by atoms with van der Waals surface area (Å²) in [6, 6.07) is 11.3. The molecule has 75 valence electrons. The molecule has 1 aliphatic rings. The first kappa shape index (κ1) is 13.5. The molecule has 0 spiro atoms. The van der Waals surface area contributed by atoms with E-state index in [1.54, 1.807) is 0 Å². The summed E-state index contributed by atoms with van der Waals surface area (Å²) < 4.78 is 0. The van der Waals surface area contributed by atoms with Gasteiger partial charge < -0.3 is 0 Å². The van der Waals surface area contributed by atoms with Crippen molar-refractivity contribution in [2.45, 2.75) is 37.9 Å². The van der Waals surface area contributed by atoms with E-state index in [4.69, 9.17) is 7.85 Å². The average Bonchev–Trinajstić information content (AvgIpc) is 2.63. The van der Waals surface area contributed by atoms with Gasteiger partial charge in [0, 0.05) is 32.7 Å². The molecule has 2 unspecified atom stereocenters. The second-order valence-corrected chi connectivity index (χ2v) is 4.30. The molecule has 0 heterocycles. The second kappa shape index (κ2) is 6.86. The van der Waals surface area contributed by atoms with Crippen LogP contribution in [-0.4, -0.2) is 7.85 Å². The molecule has 0 aliphatic heterocycles. The fraction of sp³-hybridized carbons (Fsp3) is 0.538. The van der Waals surface area contributed by atoms with Gasteiger partial charge in [-0.15, -0.1) is 0 Å². The van der Waals surface area contributed by atoms with Crippen LogP contribution in [0.3, 0.4) is 0 Å². The average molecular weight is 272 g/mol. The van der Waals surface area contributed by atoms with Gasteiger partial charge in [0.05, 0.1) is 7.85 Å². The molecule has 2 rings (SSSR count). The molecule has 2 heteroatoms. The predicted octanol–water partition coefficient (Wildman–Crippen LogP) is 3.17. The smallest absolute Gasteiger partial charge is 0.0703 e. The summed E-state index contributed by atoms with van der Waals surface area (Å²) in [7, 11) is 6.04. The summed E-state index contributed by atoms with van der Waals surface area (Å²) in [5, 5.41) is 0. The molecule has 0 N–H and O–H groups in total. The molecule has 2 atom stereocenters. The fourth-order valence-electron chi connectivity index (χ4n) is 2.36. The number of hydrogen-bond donors (Lipinski definition) is 0. The summed E-state index contributed by atoms with van der Waals surface area (Å²) in [6.07, 6.45) is 6.32. The first-order valence-electron chi connectivity index (χ1n) is 5.57. The molecule has 1 saturated carbocycles. The van der Waals surface area contributed by atoms with Gasteiger partial charge in [0.1, 0.15) is 0 Å². The van der Waals surface area contributed by atoms with Crippen molar-refractivity contribution in [2.24, 2.45) is 5.92 Å². The summed E-state index contributed by atoms with van der Waals surface area (Å²) >= 11 is 0. The number of hydrogen-bond acceptors (Lipinski definition) is 0. The Kier molecular flexibility index (Phi) is 6.15. The van der Waals surface area contributed by atoms with Crippen molar-refractivity contribution in [1.82, 2.24) is 0 Å². The Bertz CT molecular complexity index is 273. The molecule has 0 bridgehead atoms. The number of benzene rings is 1. The van der Waals surface area contributed by atoms with Gasteiger partial charge in [-0.2, -0.15) is 35.9 Å². The van der Waals surface area contributed by atoms with Crippen molar-refractivity contribution in [2.75, 3.05) is 0 Å². The normalized spacial score (nSPS) is 24.8. The minimum atomic E-state index is 0. The quantitative estimate of drug-likeness (QED) is 0.585. The van der Waals surface area contributed by atoms with Crippen LogP contribution in [0.1, 0.15) is 31.2 Å². The standard InChI is InChI=1S/C13H16B.Y/c14-13-8-4-7-12(13)10-9-11-5-2-1-3-6-11;/h2-3,5-6,12-13H,4,7-10H2;/q-1;. The second-order valence-electron chi connectivity index (χ2n) is 4.30. The fourth-order valence-corrected chi connectivity index (χ4v) is 2.36. The zero-order valence-corrected chi connectivity index (χ0v) is 12.0. The molecule has 0 saturated heterocycles. The van der Waals surface area contributed by atoms with Gasteiger partial charge in [-0.1, -0.05) is 31.5 Å². The summed E-state index contributed by atoms with van der Waals surface area (Å²) in [6.45, 7) is 0. The van der Waals surface area contributed by atoms with Crippen molar-refractivity contribution in [1.29, 1.82) is 0 Å². The summed E-state index contributed by atoms with van der Waals surface area (Å²) in [4.78, 5) is 0. The van der Waals surface area contributed by atoms with Gasteiger partial charge in [0.25, 0.3) is 0 Å². The minimum Gasteiger partial charge on any atom is -0.184 e. The van der Waals surface area contributed by atoms with Gasteiger partial charge in [-0.25, -0.2) is 0 Å². The van der Waals surface area contributed by atoms with Crippen molar-refractivity contribution in [3.05, 3.63) is 35.9 Å². The van der Waals surface area contributed by atoms with E-state index in [1.165, 1.54) is 37.7 Å². The summed E-state index contributed by atoms with van der Waals surface area (Å²) in [5.74, 6) is 1.23. The van der Waals surface area contributed by atoms with Crippen LogP contribution >= 0.6 is 0 Å². The van der Waals surface area contributed by atoms with Gasteiger partial charge >= 0.3 is 0 Å². The first-order valence-corrected chi connectivity index (χ1v) is 5.57.